The lowest BCUT2D eigenvalue weighted by atomic mass is 10.1. The molecule has 0 saturated heterocycles. The third kappa shape index (κ3) is 3.17. The minimum atomic E-state index is -0.378. The fourth-order valence-corrected chi connectivity index (χ4v) is 1.71. The summed E-state index contributed by atoms with van der Waals surface area (Å²) >= 11 is 5.43. The van der Waals surface area contributed by atoms with Crippen LogP contribution in [0.1, 0.15) is 10.5 Å². The van der Waals surface area contributed by atoms with E-state index in [0.29, 0.717) is 12.0 Å². The summed E-state index contributed by atoms with van der Waals surface area (Å²) in [5, 5.41) is 2.56. The molecule has 0 bridgehead atoms. The summed E-state index contributed by atoms with van der Waals surface area (Å²) in [4.78, 5) is 26.2. The van der Waals surface area contributed by atoms with Gasteiger partial charge < -0.3 is 5.32 Å². The Hall–Kier alpha value is -2.20. The zero-order chi connectivity index (χ0) is 13.7. The standard InChI is InChI=1S/C14H11ClN2O2/c15-7-14(19)17-12-6-11(8-16-13(12)9-18)10-4-2-1-3-5-10/h1-6,8-9H,7H2,(H,17,19). The third-order valence-corrected chi connectivity index (χ3v) is 2.78. The molecule has 1 aromatic heterocycles. The van der Waals surface area contributed by atoms with Gasteiger partial charge in [0.1, 0.15) is 11.6 Å². The molecule has 4 nitrogen and oxygen atoms in total. The smallest absolute Gasteiger partial charge is 0.239 e. The number of pyridine rings is 1. The van der Waals surface area contributed by atoms with E-state index in [-0.39, 0.29) is 17.5 Å². The number of alkyl halides is 1. The summed E-state index contributed by atoms with van der Waals surface area (Å²) < 4.78 is 0. The quantitative estimate of drug-likeness (QED) is 0.689. The van der Waals surface area contributed by atoms with Crippen molar-refractivity contribution in [3.8, 4) is 11.1 Å². The van der Waals surface area contributed by atoms with Gasteiger partial charge in [-0.3, -0.25) is 14.6 Å². The average Bonchev–Trinajstić information content (AvgIpc) is 2.48. The van der Waals surface area contributed by atoms with Gasteiger partial charge in [-0.1, -0.05) is 30.3 Å². The maximum atomic E-state index is 11.3. The molecule has 1 heterocycles. The van der Waals surface area contributed by atoms with Crippen LogP contribution in [-0.4, -0.2) is 23.1 Å². The molecule has 0 aliphatic heterocycles. The topological polar surface area (TPSA) is 59.1 Å². The predicted molar refractivity (Wildman–Crippen MR) is 74.4 cm³/mol. The monoisotopic (exact) mass is 274 g/mol. The first-order valence-electron chi connectivity index (χ1n) is 5.61. The predicted octanol–water partition coefficient (Wildman–Crippen LogP) is 2.74. The number of hydrogen-bond acceptors (Lipinski definition) is 3. The highest BCUT2D eigenvalue weighted by Gasteiger charge is 2.09. The van der Waals surface area contributed by atoms with Crippen LogP contribution < -0.4 is 5.32 Å². The van der Waals surface area contributed by atoms with Crippen LogP contribution in [0.4, 0.5) is 5.69 Å². The average molecular weight is 275 g/mol. The molecule has 1 amide bonds. The molecule has 0 spiro atoms. The zero-order valence-electron chi connectivity index (χ0n) is 9.97. The number of halogens is 1. The second-order valence-electron chi connectivity index (χ2n) is 3.82. The second-order valence-corrected chi connectivity index (χ2v) is 4.09. The number of amides is 1. The van der Waals surface area contributed by atoms with Crippen molar-refractivity contribution in [2.45, 2.75) is 0 Å². The Kier molecular flexibility index (Phi) is 4.26. The summed E-state index contributed by atoms with van der Waals surface area (Å²) in [7, 11) is 0. The van der Waals surface area contributed by atoms with E-state index in [0.717, 1.165) is 11.1 Å². The van der Waals surface area contributed by atoms with Gasteiger partial charge in [0.25, 0.3) is 0 Å². The minimum absolute atomic E-state index is 0.173. The highest BCUT2D eigenvalue weighted by atomic mass is 35.5. The van der Waals surface area contributed by atoms with Gasteiger partial charge in [-0.05, 0) is 11.6 Å². The Morgan fingerprint density at radius 2 is 2.00 bits per heavy atom. The summed E-state index contributed by atoms with van der Waals surface area (Å²) in [6.07, 6.45) is 2.19. The van der Waals surface area contributed by atoms with Crippen molar-refractivity contribution < 1.29 is 9.59 Å². The molecule has 0 unspecified atom stereocenters. The lowest BCUT2D eigenvalue weighted by Gasteiger charge is -2.08. The van der Waals surface area contributed by atoms with Crippen LogP contribution >= 0.6 is 11.6 Å². The van der Waals surface area contributed by atoms with E-state index in [1.807, 2.05) is 30.3 Å². The molecular formula is C14H11ClN2O2. The van der Waals surface area contributed by atoms with Crippen LogP contribution in [0.5, 0.6) is 0 Å². The molecule has 96 valence electrons. The molecule has 19 heavy (non-hydrogen) atoms. The number of hydrogen-bond donors (Lipinski definition) is 1. The Bertz CT molecular complexity index is 600. The maximum Gasteiger partial charge on any atom is 0.239 e. The lowest BCUT2D eigenvalue weighted by molar-refractivity contribution is -0.113. The van der Waals surface area contributed by atoms with Crippen molar-refractivity contribution in [2.75, 3.05) is 11.2 Å². The molecule has 0 aliphatic carbocycles. The van der Waals surface area contributed by atoms with Crippen LogP contribution in [0.3, 0.4) is 0 Å². The zero-order valence-corrected chi connectivity index (χ0v) is 10.7. The van der Waals surface area contributed by atoms with Gasteiger partial charge >= 0.3 is 0 Å². The summed E-state index contributed by atoms with van der Waals surface area (Å²) in [5.74, 6) is -0.551. The van der Waals surface area contributed by atoms with Gasteiger partial charge in [0.2, 0.25) is 5.91 Å². The molecule has 0 aliphatic rings. The fraction of sp³-hybridized carbons (Fsp3) is 0.0714. The molecular weight excluding hydrogens is 264 g/mol. The summed E-state index contributed by atoms with van der Waals surface area (Å²) in [5.41, 5.74) is 2.31. The maximum absolute atomic E-state index is 11.3. The Morgan fingerprint density at radius 3 is 2.63 bits per heavy atom. The normalized spacial score (nSPS) is 9.95. The highest BCUT2D eigenvalue weighted by Crippen LogP contribution is 2.23. The van der Waals surface area contributed by atoms with Crippen LogP contribution in [0.25, 0.3) is 11.1 Å². The van der Waals surface area contributed by atoms with Crippen molar-refractivity contribution in [1.82, 2.24) is 4.98 Å². The molecule has 1 aromatic carbocycles. The largest absolute Gasteiger partial charge is 0.323 e. The van der Waals surface area contributed by atoms with Gasteiger partial charge in [0, 0.05) is 11.8 Å². The van der Waals surface area contributed by atoms with Crippen molar-refractivity contribution in [1.29, 1.82) is 0 Å². The van der Waals surface area contributed by atoms with Crippen LogP contribution in [0, 0.1) is 0 Å². The molecule has 0 saturated carbocycles. The number of benzene rings is 1. The molecule has 2 rings (SSSR count). The number of carbonyl (C=O) groups excluding carboxylic acids is 2. The molecule has 0 fully saturated rings. The second kappa shape index (κ2) is 6.11. The van der Waals surface area contributed by atoms with E-state index in [9.17, 15) is 9.59 Å². The van der Waals surface area contributed by atoms with Gasteiger partial charge in [-0.25, -0.2) is 0 Å². The molecule has 1 N–H and O–H groups in total. The number of anilines is 1. The SMILES string of the molecule is O=Cc1ncc(-c2ccccc2)cc1NC(=O)CCl. The molecule has 0 radical (unpaired) electrons. The van der Waals surface area contributed by atoms with Gasteiger partial charge in [0.15, 0.2) is 6.29 Å². The van der Waals surface area contributed by atoms with Crippen molar-refractivity contribution >= 4 is 29.5 Å². The first-order valence-corrected chi connectivity index (χ1v) is 6.14. The lowest BCUT2D eigenvalue weighted by Crippen LogP contribution is -2.14. The first-order chi connectivity index (χ1) is 9.24. The Morgan fingerprint density at radius 1 is 1.26 bits per heavy atom. The van der Waals surface area contributed by atoms with Crippen LogP contribution in [0.15, 0.2) is 42.6 Å². The summed E-state index contributed by atoms with van der Waals surface area (Å²) in [6, 6.07) is 11.3. The fourth-order valence-electron chi connectivity index (χ4n) is 1.64. The molecule has 0 atom stereocenters. The number of carbonyl (C=O) groups is 2. The van der Waals surface area contributed by atoms with Crippen molar-refractivity contribution in [3.05, 3.63) is 48.3 Å². The molecule has 5 heteroatoms. The highest BCUT2D eigenvalue weighted by molar-refractivity contribution is 6.29. The van der Waals surface area contributed by atoms with Crippen LogP contribution in [-0.2, 0) is 4.79 Å². The summed E-state index contributed by atoms with van der Waals surface area (Å²) in [6.45, 7) is 0. The minimum Gasteiger partial charge on any atom is -0.323 e. The number of aromatic nitrogens is 1. The number of nitrogens with zero attached hydrogens (tertiary/aromatic N) is 1. The number of aldehydes is 1. The van der Waals surface area contributed by atoms with Gasteiger partial charge in [-0.15, -0.1) is 11.6 Å². The van der Waals surface area contributed by atoms with E-state index in [1.165, 1.54) is 0 Å². The molecule has 2 aromatic rings. The third-order valence-electron chi connectivity index (χ3n) is 2.53. The van der Waals surface area contributed by atoms with Crippen molar-refractivity contribution in [2.24, 2.45) is 0 Å². The number of nitrogens with one attached hydrogen (secondary N) is 1. The van der Waals surface area contributed by atoms with E-state index in [1.54, 1.807) is 12.3 Å². The van der Waals surface area contributed by atoms with Crippen molar-refractivity contribution in [3.63, 3.8) is 0 Å². The van der Waals surface area contributed by atoms with E-state index in [4.69, 9.17) is 11.6 Å². The van der Waals surface area contributed by atoms with E-state index in [2.05, 4.69) is 10.3 Å². The Balaban J connectivity index is 2.41. The Labute approximate surface area is 115 Å². The van der Waals surface area contributed by atoms with Gasteiger partial charge in [-0.2, -0.15) is 0 Å². The number of rotatable bonds is 4. The first kappa shape index (κ1) is 13.2. The van der Waals surface area contributed by atoms with Gasteiger partial charge in [0.05, 0.1) is 5.69 Å². The van der Waals surface area contributed by atoms with E-state index >= 15 is 0 Å². The van der Waals surface area contributed by atoms with Crippen LogP contribution in [0.2, 0.25) is 0 Å². The van der Waals surface area contributed by atoms with E-state index < -0.39 is 0 Å².